The van der Waals surface area contributed by atoms with Crippen LogP contribution in [0.1, 0.15) is 38.1 Å². The van der Waals surface area contributed by atoms with Crippen molar-refractivity contribution < 1.29 is 9.53 Å². The second-order valence-corrected chi connectivity index (χ2v) is 8.72. The number of benzene rings is 2. The predicted octanol–water partition coefficient (Wildman–Crippen LogP) is 5.49. The first-order valence-electron chi connectivity index (χ1n) is 8.66. The van der Waals surface area contributed by atoms with Crippen molar-refractivity contribution in [1.29, 1.82) is 0 Å². The Morgan fingerprint density at radius 3 is 2.56 bits per heavy atom. The lowest BCUT2D eigenvalue weighted by atomic mass is 9.91. The van der Waals surface area contributed by atoms with Gasteiger partial charge in [0.05, 0.1) is 0 Å². The Morgan fingerprint density at radius 2 is 1.84 bits per heavy atom. The van der Waals surface area contributed by atoms with Gasteiger partial charge in [-0.3, -0.25) is 4.79 Å². The highest BCUT2D eigenvalue weighted by atomic mass is 32.2. The molecule has 3 rings (SSSR count). The van der Waals surface area contributed by atoms with E-state index in [1.54, 1.807) is 0 Å². The van der Waals surface area contributed by atoms with Crippen molar-refractivity contribution in [2.45, 2.75) is 32.6 Å². The molecule has 0 radical (unpaired) electrons. The van der Waals surface area contributed by atoms with Crippen LogP contribution in [-0.2, 0) is 4.79 Å². The maximum atomic E-state index is 12.7. The predicted molar refractivity (Wildman–Crippen MR) is 104 cm³/mol. The minimum absolute atomic E-state index is 0.00710. The van der Waals surface area contributed by atoms with Crippen LogP contribution in [0.15, 0.2) is 54.6 Å². The Kier molecular flexibility index (Phi) is 5.38. The minimum atomic E-state index is 0.00710. The fourth-order valence-electron chi connectivity index (χ4n) is 2.91. The van der Waals surface area contributed by atoms with E-state index in [4.69, 9.17) is 4.74 Å². The Labute approximate surface area is 154 Å². The number of para-hydroxylation sites is 1. The van der Waals surface area contributed by atoms with Crippen molar-refractivity contribution in [2.75, 3.05) is 12.3 Å². The van der Waals surface area contributed by atoms with E-state index in [1.807, 2.05) is 65.2 Å². The monoisotopic (exact) mass is 355 g/mol. The van der Waals surface area contributed by atoms with E-state index >= 15 is 0 Å². The molecule has 3 nitrogen and oxygen atoms in total. The maximum absolute atomic E-state index is 12.7. The summed E-state index contributed by atoms with van der Waals surface area (Å²) in [6.45, 7) is 7.14. The van der Waals surface area contributed by atoms with E-state index in [-0.39, 0.29) is 16.7 Å². The molecule has 1 heterocycles. The fourth-order valence-corrected chi connectivity index (χ4v) is 4.18. The zero-order chi connectivity index (χ0) is 17.9. The van der Waals surface area contributed by atoms with E-state index in [1.165, 1.54) is 0 Å². The number of rotatable bonds is 4. The van der Waals surface area contributed by atoms with Gasteiger partial charge in [0.15, 0.2) is 0 Å². The summed E-state index contributed by atoms with van der Waals surface area (Å²) in [7, 11) is 0. The molecule has 0 N–H and O–H groups in total. The number of carbonyl (C=O) groups is 1. The summed E-state index contributed by atoms with van der Waals surface area (Å²) in [6, 6.07) is 17.9. The zero-order valence-corrected chi connectivity index (χ0v) is 15.9. The lowest BCUT2D eigenvalue weighted by Crippen LogP contribution is -2.33. The lowest BCUT2D eigenvalue weighted by Gasteiger charge is -2.28. The van der Waals surface area contributed by atoms with Crippen molar-refractivity contribution >= 4 is 17.7 Å². The number of hydrogen-bond acceptors (Lipinski definition) is 3. The van der Waals surface area contributed by atoms with Crippen LogP contribution < -0.4 is 4.74 Å². The van der Waals surface area contributed by atoms with Crippen LogP contribution in [-0.4, -0.2) is 23.1 Å². The van der Waals surface area contributed by atoms with Gasteiger partial charge in [0, 0.05) is 18.7 Å². The quantitative estimate of drug-likeness (QED) is 0.726. The van der Waals surface area contributed by atoms with E-state index in [0.717, 1.165) is 29.4 Å². The second-order valence-electron chi connectivity index (χ2n) is 7.54. The molecule has 1 aliphatic heterocycles. The summed E-state index contributed by atoms with van der Waals surface area (Å²) in [5.74, 6) is 2.83. The molecule has 1 fully saturated rings. The van der Waals surface area contributed by atoms with Crippen molar-refractivity contribution in [1.82, 2.24) is 4.90 Å². The molecular formula is C21H25NO2S. The molecule has 0 aromatic heterocycles. The molecule has 2 aromatic rings. The number of ether oxygens (including phenoxy) is 1. The SMILES string of the molecule is CC(C)(C)CC(=O)N1CCS[C@H]1c1cccc(Oc2ccccc2)c1. The lowest BCUT2D eigenvalue weighted by molar-refractivity contribution is -0.133. The summed E-state index contributed by atoms with van der Waals surface area (Å²) in [5.41, 5.74) is 1.13. The topological polar surface area (TPSA) is 29.5 Å². The Hall–Kier alpha value is -1.94. The van der Waals surface area contributed by atoms with Gasteiger partial charge < -0.3 is 9.64 Å². The van der Waals surface area contributed by atoms with Crippen molar-refractivity contribution in [3.63, 3.8) is 0 Å². The summed E-state index contributed by atoms with van der Waals surface area (Å²) < 4.78 is 5.94. The first-order valence-corrected chi connectivity index (χ1v) is 9.71. The number of thioether (sulfide) groups is 1. The highest BCUT2D eigenvalue weighted by Gasteiger charge is 2.32. The average Bonchev–Trinajstić information content (AvgIpc) is 3.04. The van der Waals surface area contributed by atoms with E-state index < -0.39 is 0 Å². The maximum Gasteiger partial charge on any atom is 0.224 e. The second kappa shape index (κ2) is 7.52. The third kappa shape index (κ3) is 4.79. The molecule has 0 aliphatic carbocycles. The van der Waals surface area contributed by atoms with E-state index in [9.17, 15) is 4.79 Å². The molecule has 25 heavy (non-hydrogen) atoms. The summed E-state index contributed by atoms with van der Waals surface area (Å²) >= 11 is 1.82. The number of hydrogen-bond donors (Lipinski definition) is 0. The van der Waals surface area contributed by atoms with Crippen LogP contribution in [0.5, 0.6) is 11.5 Å². The molecule has 1 atom stereocenters. The first-order chi connectivity index (χ1) is 11.9. The highest BCUT2D eigenvalue weighted by Crippen LogP contribution is 2.40. The van der Waals surface area contributed by atoms with Gasteiger partial charge in [-0.15, -0.1) is 11.8 Å². The van der Waals surface area contributed by atoms with Gasteiger partial charge in [-0.05, 0) is 35.2 Å². The van der Waals surface area contributed by atoms with Crippen LogP contribution >= 0.6 is 11.8 Å². The Balaban J connectivity index is 1.76. The normalized spacial score (nSPS) is 17.6. The Bertz CT molecular complexity index is 724. The largest absolute Gasteiger partial charge is 0.457 e. The Morgan fingerprint density at radius 1 is 1.12 bits per heavy atom. The van der Waals surface area contributed by atoms with Gasteiger partial charge in [-0.2, -0.15) is 0 Å². The van der Waals surface area contributed by atoms with Crippen LogP contribution in [0.4, 0.5) is 0 Å². The average molecular weight is 356 g/mol. The third-order valence-corrected chi connectivity index (χ3v) is 5.28. The molecule has 4 heteroatoms. The smallest absolute Gasteiger partial charge is 0.224 e. The molecule has 0 saturated carbocycles. The van der Waals surface area contributed by atoms with Gasteiger partial charge in [0.1, 0.15) is 16.9 Å². The van der Waals surface area contributed by atoms with E-state index in [0.29, 0.717) is 6.42 Å². The van der Waals surface area contributed by atoms with Gasteiger partial charge in [0.25, 0.3) is 0 Å². The van der Waals surface area contributed by atoms with Crippen LogP contribution in [0.25, 0.3) is 0 Å². The molecule has 132 valence electrons. The molecule has 0 bridgehead atoms. The summed E-state index contributed by atoms with van der Waals surface area (Å²) in [4.78, 5) is 14.7. The van der Waals surface area contributed by atoms with Gasteiger partial charge in [0.2, 0.25) is 5.91 Å². The molecule has 1 saturated heterocycles. The standard InChI is InChI=1S/C21H25NO2S/c1-21(2,3)15-19(23)22-12-13-25-20(22)16-8-7-11-18(14-16)24-17-9-5-4-6-10-17/h4-11,14,20H,12-13,15H2,1-3H3/t20-/m0/s1. The third-order valence-electron chi connectivity index (χ3n) is 4.02. The van der Waals surface area contributed by atoms with Crippen molar-refractivity contribution in [2.24, 2.45) is 5.41 Å². The number of carbonyl (C=O) groups excluding carboxylic acids is 1. The summed E-state index contributed by atoms with van der Waals surface area (Å²) in [6.07, 6.45) is 0.574. The van der Waals surface area contributed by atoms with Crippen LogP contribution in [0.2, 0.25) is 0 Å². The minimum Gasteiger partial charge on any atom is -0.457 e. The highest BCUT2D eigenvalue weighted by molar-refractivity contribution is 7.99. The van der Waals surface area contributed by atoms with Crippen LogP contribution in [0, 0.1) is 5.41 Å². The molecule has 2 aromatic carbocycles. The van der Waals surface area contributed by atoms with Gasteiger partial charge in [-0.25, -0.2) is 0 Å². The summed E-state index contributed by atoms with van der Waals surface area (Å²) in [5, 5.41) is 0.0779. The number of nitrogens with zero attached hydrogens (tertiary/aromatic N) is 1. The molecular weight excluding hydrogens is 330 g/mol. The van der Waals surface area contributed by atoms with Gasteiger partial charge in [-0.1, -0.05) is 51.1 Å². The first kappa shape index (κ1) is 17.9. The zero-order valence-electron chi connectivity index (χ0n) is 15.1. The van der Waals surface area contributed by atoms with Crippen molar-refractivity contribution in [3.05, 3.63) is 60.2 Å². The number of amides is 1. The molecule has 0 unspecified atom stereocenters. The van der Waals surface area contributed by atoms with E-state index in [2.05, 4.69) is 26.8 Å². The molecule has 0 spiro atoms. The van der Waals surface area contributed by atoms with Crippen LogP contribution in [0.3, 0.4) is 0 Å². The molecule has 1 amide bonds. The van der Waals surface area contributed by atoms with Gasteiger partial charge >= 0.3 is 0 Å². The fraction of sp³-hybridized carbons (Fsp3) is 0.381. The van der Waals surface area contributed by atoms with Crippen molar-refractivity contribution in [3.8, 4) is 11.5 Å². The molecule has 1 aliphatic rings.